The second-order valence-corrected chi connectivity index (χ2v) is 5.01. The van der Waals surface area contributed by atoms with Gasteiger partial charge < -0.3 is 4.74 Å². The van der Waals surface area contributed by atoms with E-state index in [1.165, 1.54) is 18.4 Å². The minimum absolute atomic E-state index is 0.319. The van der Waals surface area contributed by atoms with Crippen LogP contribution in [0.3, 0.4) is 0 Å². The van der Waals surface area contributed by atoms with Crippen molar-refractivity contribution in [2.75, 3.05) is 18.5 Å². The largest absolute Gasteiger partial charge is 0.381 e. The molecule has 2 rings (SSSR count). The lowest BCUT2D eigenvalue weighted by Gasteiger charge is -2.35. The molecule has 0 aliphatic carbocycles. The van der Waals surface area contributed by atoms with Crippen LogP contribution in [0.2, 0.25) is 0 Å². The van der Waals surface area contributed by atoms with Gasteiger partial charge in [0.1, 0.15) is 0 Å². The van der Waals surface area contributed by atoms with E-state index in [-0.39, 0.29) is 0 Å². The van der Waals surface area contributed by atoms with Crippen LogP contribution in [0.1, 0.15) is 18.4 Å². The Labute approximate surface area is 100.0 Å². The van der Waals surface area contributed by atoms with E-state index in [0.717, 1.165) is 25.0 Å². The maximum Gasteiger partial charge on any atom is 0.0533 e. The molecule has 1 heterocycles. The first kappa shape index (κ1) is 11.2. The van der Waals surface area contributed by atoms with Gasteiger partial charge in [-0.05, 0) is 24.8 Å². The molecule has 1 aliphatic rings. The summed E-state index contributed by atoms with van der Waals surface area (Å²) >= 11 is 3.65. The van der Waals surface area contributed by atoms with E-state index in [1.54, 1.807) is 0 Å². The molecule has 2 heteroatoms. The van der Waals surface area contributed by atoms with Crippen molar-refractivity contribution in [2.45, 2.75) is 19.3 Å². The van der Waals surface area contributed by atoms with Crippen LogP contribution < -0.4 is 0 Å². The molecule has 82 valence electrons. The van der Waals surface area contributed by atoms with Crippen LogP contribution in [0.4, 0.5) is 0 Å². The Morgan fingerprint density at radius 1 is 1.27 bits per heavy atom. The number of benzene rings is 1. The predicted octanol–water partition coefficient (Wildman–Crippen LogP) is 3.42. The molecule has 15 heavy (non-hydrogen) atoms. The molecule has 1 aromatic carbocycles. The Bertz CT molecular complexity index is 291. The van der Waals surface area contributed by atoms with Gasteiger partial charge in [-0.2, -0.15) is 0 Å². The predicted molar refractivity (Wildman–Crippen MR) is 66.4 cm³/mol. The van der Waals surface area contributed by atoms with Crippen LogP contribution in [-0.4, -0.2) is 18.5 Å². The van der Waals surface area contributed by atoms with E-state index in [0.29, 0.717) is 5.41 Å². The van der Waals surface area contributed by atoms with E-state index in [4.69, 9.17) is 4.74 Å². The highest BCUT2D eigenvalue weighted by atomic mass is 79.9. The molecule has 0 bridgehead atoms. The summed E-state index contributed by atoms with van der Waals surface area (Å²) in [7, 11) is 0. The van der Waals surface area contributed by atoms with Crippen molar-refractivity contribution in [2.24, 2.45) is 5.41 Å². The van der Waals surface area contributed by atoms with Crippen molar-refractivity contribution in [1.82, 2.24) is 0 Å². The molecule has 0 N–H and O–H groups in total. The minimum atomic E-state index is 0.319. The average molecular weight is 269 g/mol. The van der Waals surface area contributed by atoms with Gasteiger partial charge in [-0.3, -0.25) is 0 Å². The van der Waals surface area contributed by atoms with E-state index < -0.39 is 0 Å². The molecule has 0 amide bonds. The quantitative estimate of drug-likeness (QED) is 0.764. The molecular formula is C13H17BrO. The fourth-order valence-corrected chi connectivity index (χ4v) is 2.87. The number of hydrogen-bond acceptors (Lipinski definition) is 1. The van der Waals surface area contributed by atoms with Gasteiger partial charge in [-0.15, -0.1) is 0 Å². The third kappa shape index (κ3) is 2.82. The molecule has 1 saturated heterocycles. The Hall–Kier alpha value is -0.340. The van der Waals surface area contributed by atoms with E-state index in [1.807, 2.05) is 0 Å². The van der Waals surface area contributed by atoms with Gasteiger partial charge in [0.05, 0.1) is 6.61 Å². The maximum absolute atomic E-state index is 5.62. The molecule has 0 spiro atoms. The molecule has 1 aliphatic heterocycles. The Morgan fingerprint density at radius 3 is 2.67 bits per heavy atom. The summed E-state index contributed by atoms with van der Waals surface area (Å²) in [4.78, 5) is 0. The fourth-order valence-electron chi connectivity index (χ4n) is 2.23. The second kappa shape index (κ2) is 5.13. The molecule has 0 saturated carbocycles. The van der Waals surface area contributed by atoms with Gasteiger partial charge in [0.2, 0.25) is 0 Å². The number of rotatable bonds is 3. The first-order valence-electron chi connectivity index (χ1n) is 5.52. The van der Waals surface area contributed by atoms with E-state index >= 15 is 0 Å². The molecule has 0 aromatic heterocycles. The Kier molecular flexibility index (Phi) is 3.81. The van der Waals surface area contributed by atoms with Crippen LogP contribution in [0, 0.1) is 5.41 Å². The van der Waals surface area contributed by atoms with Gasteiger partial charge in [0.25, 0.3) is 0 Å². The van der Waals surface area contributed by atoms with Crippen molar-refractivity contribution in [3.8, 4) is 0 Å². The highest BCUT2D eigenvalue weighted by Gasteiger charge is 2.31. The van der Waals surface area contributed by atoms with Crippen molar-refractivity contribution in [3.05, 3.63) is 35.9 Å². The summed E-state index contributed by atoms with van der Waals surface area (Å²) in [5, 5.41) is 1.04. The van der Waals surface area contributed by atoms with Gasteiger partial charge >= 0.3 is 0 Å². The number of ether oxygens (including phenoxy) is 1. The average Bonchev–Trinajstić information content (AvgIpc) is 2.32. The normalized spacial score (nSPS) is 26.5. The van der Waals surface area contributed by atoms with Gasteiger partial charge in [-0.1, -0.05) is 46.3 Å². The summed E-state index contributed by atoms with van der Waals surface area (Å²) < 4.78 is 5.62. The lowest BCUT2D eigenvalue weighted by Crippen LogP contribution is -2.35. The molecular weight excluding hydrogens is 252 g/mol. The Balaban J connectivity index is 2.07. The first-order valence-corrected chi connectivity index (χ1v) is 6.64. The SMILES string of the molecule is BrCC1(Cc2ccccc2)CCCOC1. The van der Waals surface area contributed by atoms with E-state index in [2.05, 4.69) is 46.3 Å². The second-order valence-electron chi connectivity index (χ2n) is 4.45. The topological polar surface area (TPSA) is 9.23 Å². The van der Waals surface area contributed by atoms with Gasteiger partial charge in [0, 0.05) is 17.4 Å². The summed E-state index contributed by atoms with van der Waals surface area (Å²) in [6, 6.07) is 10.7. The third-order valence-corrected chi connectivity index (χ3v) is 4.30. The lowest BCUT2D eigenvalue weighted by molar-refractivity contribution is 0.00615. The zero-order valence-corrected chi connectivity index (χ0v) is 10.5. The Morgan fingerprint density at radius 2 is 2.07 bits per heavy atom. The standard InChI is InChI=1S/C13H17BrO/c14-10-13(7-4-8-15-11-13)9-12-5-2-1-3-6-12/h1-3,5-6H,4,7-11H2. The molecule has 1 fully saturated rings. The van der Waals surface area contributed by atoms with E-state index in [9.17, 15) is 0 Å². The number of alkyl halides is 1. The smallest absolute Gasteiger partial charge is 0.0533 e. The van der Waals surface area contributed by atoms with Gasteiger partial charge in [-0.25, -0.2) is 0 Å². The highest BCUT2D eigenvalue weighted by Crippen LogP contribution is 2.34. The van der Waals surface area contributed by atoms with Crippen molar-refractivity contribution >= 4 is 15.9 Å². The zero-order valence-electron chi connectivity index (χ0n) is 8.92. The molecule has 1 unspecified atom stereocenters. The molecule has 1 nitrogen and oxygen atoms in total. The monoisotopic (exact) mass is 268 g/mol. The van der Waals surface area contributed by atoms with Crippen molar-refractivity contribution in [3.63, 3.8) is 0 Å². The zero-order chi connectivity index (χ0) is 10.6. The molecule has 1 aromatic rings. The fraction of sp³-hybridized carbons (Fsp3) is 0.538. The van der Waals surface area contributed by atoms with Crippen LogP contribution in [0.25, 0.3) is 0 Å². The number of hydrogen-bond donors (Lipinski definition) is 0. The maximum atomic E-state index is 5.62. The van der Waals surface area contributed by atoms with Crippen LogP contribution in [-0.2, 0) is 11.2 Å². The first-order chi connectivity index (χ1) is 7.35. The molecule has 0 radical (unpaired) electrons. The summed E-state index contributed by atoms with van der Waals surface area (Å²) in [5.41, 5.74) is 1.74. The molecule has 1 atom stereocenters. The van der Waals surface area contributed by atoms with Crippen molar-refractivity contribution in [1.29, 1.82) is 0 Å². The van der Waals surface area contributed by atoms with Crippen LogP contribution >= 0.6 is 15.9 Å². The minimum Gasteiger partial charge on any atom is -0.381 e. The third-order valence-electron chi connectivity index (χ3n) is 3.11. The summed E-state index contributed by atoms with van der Waals surface area (Å²) in [5.74, 6) is 0. The summed E-state index contributed by atoms with van der Waals surface area (Å²) in [6.45, 7) is 1.83. The summed E-state index contributed by atoms with van der Waals surface area (Å²) in [6.07, 6.45) is 3.59. The highest BCUT2D eigenvalue weighted by molar-refractivity contribution is 9.09. The van der Waals surface area contributed by atoms with Crippen molar-refractivity contribution < 1.29 is 4.74 Å². The van der Waals surface area contributed by atoms with Crippen LogP contribution in [0.5, 0.6) is 0 Å². The van der Waals surface area contributed by atoms with Gasteiger partial charge in [0.15, 0.2) is 0 Å². The van der Waals surface area contributed by atoms with Crippen LogP contribution in [0.15, 0.2) is 30.3 Å². The number of halogens is 1. The lowest BCUT2D eigenvalue weighted by atomic mass is 9.79.